The molecule has 0 saturated carbocycles. The van der Waals surface area contributed by atoms with Crippen molar-refractivity contribution < 1.29 is 8.78 Å². The molecule has 0 atom stereocenters. The molecule has 0 fully saturated rings. The number of aryl methyl sites for hydroxylation is 2. The molecule has 0 unspecified atom stereocenters. The van der Waals surface area contributed by atoms with Gasteiger partial charge in [0.05, 0.1) is 17.4 Å². The van der Waals surface area contributed by atoms with E-state index in [2.05, 4.69) is 9.97 Å². The van der Waals surface area contributed by atoms with E-state index in [0.29, 0.717) is 17.6 Å². The number of benzene rings is 1. The average Bonchev–Trinajstić information content (AvgIpc) is 2.80. The fraction of sp³-hybridized carbons (Fsp3) is 0.143. The first-order valence-electron chi connectivity index (χ1n) is 5.93. The molecule has 0 amide bonds. The van der Waals surface area contributed by atoms with E-state index in [1.165, 1.54) is 6.07 Å². The smallest absolute Gasteiger partial charge is 0.161 e. The van der Waals surface area contributed by atoms with Crippen LogP contribution in [0.4, 0.5) is 8.78 Å². The number of nitrogens with zero attached hydrogens (tertiary/aromatic N) is 3. The van der Waals surface area contributed by atoms with Gasteiger partial charge >= 0.3 is 0 Å². The third kappa shape index (κ3) is 2.31. The Morgan fingerprint density at radius 2 is 2.00 bits per heavy atom. The second-order valence-electron chi connectivity index (χ2n) is 4.30. The van der Waals surface area contributed by atoms with Gasteiger partial charge < -0.3 is 4.57 Å². The predicted molar refractivity (Wildman–Crippen MR) is 67.6 cm³/mol. The summed E-state index contributed by atoms with van der Waals surface area (Å²) in [6.45, 7) is 0.646. The lowest BCUT2D eigenvalue weighted by Gasteiger charge is -2.04. The average molecular weight is 259 g/mol. The first-order chi connectivity index (χ1) is 9.24. The Hall–Kier alpha value is -2.30. The van der Waals surface area contributed by atoms with Crippen molar-refractivity contribution in [3.05, 3.63) is 60.2 Å². The van der Waals surface area contributed by atoms with Gasteiger partial charge in [0, 0.05) is 31.1 Å². The first kappa shape index (κ1) is 11.8. The van der Waals surface area contributed by atoms with E-state index in [4.69, 9.17) is 0 Å². The van der Waals surface area contributed by atoms with Crippen LogP contribution in [0.25, 0.3) is 11.0 Å². The summed E-state index contributed by atoms with van der Waals surface area (Å²) < 4.78 is 28.1. The van der Waals surface area contributed by atoms with Crippen LogP contribution < -0.4 is 0 Å². The van der Waals surface area contributed by atoms with E-state index < -0.39 is 11.6 Å². The maximum Gasteiger partial charge on any atom is 0.161 e. The molecule has 5 heteroatoms. The van der Waals surface area contributed by atoms with Crippen LogP contribution in [0, 0.1) is 11.6 Å². The van der Waals surface area contributed by atoms with Gasteiger partial charge in [-0.2, -0.15) is 0 Å². The maximum absolute atomic E-state index is 13.2. The van der Waals surface area contributed by atoms with Crippen LogP contribution in [-0.2, 0) is 13.0 Å². The van der Waals surface area contributed by atoms with E-state index in [1.54, 1.807) is 18.7 Å². The zero-order valence-electron chi connectivity index (χ0n) is 10.1. The van der Waals surface area contributed by atoms with Crippen molar-refractivity contribution in [1.29, 1.82) is 0 Å². The van der Waals surface area contributed by atoms with Crippen LogP contribution in [0.1, 0.15) is 5.56 Å². The summed E-state index contributed by atoms with van der Waals surface area (Å²) in [6.07, 6.45) is 5.87. The van der Waals surface area contributed by atoms with Crippen LogP contribution in [0.2, 0.25) is 0 Å². The number of pyridine rings is 1. The second kappa shape index (κ2) is 4.76. The topological polar surface area (TPSA) is 30.7 Å². The molecule has 0 saturated heterocycles. The van der Waals surface area contributed by atoms with Crippen LogP contribution >= 0.6 is 0 Å². The lowest BCUT2D eigenvalue weighted by atomic mass is 10.2. The second-order valence-corrected chi connectivity index (χ2v) is 4.30. The number of hydrogen-bond donors (Lipinski definition) is 0. The number of halogens is 2. The number of hydrogen-bond acceptors (Lipinski definition) is 2. The third-order valence-corrected chi connectivity index (χ3v) is 3.03. The molecule has 3 aromatic rings. The van der Waals surface area contributed by atoms with Crippen LogP contribution in [-0.4, -0.2) is 14.5 Å². The van der Waals surface area contributed by atoms with Gasteiger partial charge in [0.1, 0.15) is 0 Å². The lowest BCUT2D eigenvalue weighted by Crippen LogP contribution is -2.00. The van der Waals surface area contributed by atoms with Gasteiger partial charge in [-0.1, -0.05) is 6.07 Å². The normalized spacial score (nSPS) is 11.1. The first-order valence-corrected chi connectivity index (χ1v) is 5.93. The number of fused-ring (bicyclic) bond motifs is 1. The largest absolute Gasteiger partial charge is 0.330 e. The molecule has 3 rings (SSSR count). The Labute approximate surface area is 108 Å². The highest BCUT2D eigenvalue weighted by atomic mass is 19.2. The third-order valence-electron chi connectivity index (χ3n) is 3.03. The molecule has 2 aromatic heterocycles. The zero-order chi connectivity index (χ0) is 13.2. The summed E-state index contributed by atoms with van der Waals surface area (Å²) in [5.41, 5.74) is 2.15. The molecule has 0 aliphatic carbocycles. The van der Waals surface area contributed by atoms with Crippen molar-refractivity contribution in [2.45, 2.75) is 13.0 Å². The molecule has 19 heavy (non-hydrogen) atoms. The summed E-state index contributed by atoms with van der Waals surface area (Å²) in [5, 5.41) is 0. The van der Waals surface area contributed by atoms with E-state index in [-0.39, 0.29) is 0 Å². The Kier molecular flexibility index (Phi) is 2.95. The van der Waals surface area contributed by atoms with Crippen LogP contribution in [0.5, 0.6) is 0 Å². The molecule has 0 bridgehead atoms. The SMILES string of the molecule is Fc1cc2ncn(CCc3cccnc3)c2cc1F. The minimum Gasteiger partial charge on any atom is -0.330 e. The van der Waals surface area contributed by atoms with Crippen molar-refractivity contribution in [3.63, 3.8) is 0 Å². The molecule has 2 heterocycles. The quantitative estimate of drug-likeness (QED) is 0.724. The molecule has 96 valence electrons. The molecule has 0 spiro atoms. The Morgan fingerprint density at radius 3 is 2.79 bits per heavy atom. The van der Waals surface area contributed by atoms with Crippen LogP contribution in [0.3, 0.4) is 0 Å². The Balaban J connectivity index is 1.87. The lowest BCUT2D eigenvalue weighted by molar-refractivity contribution is 0.510. The zero-order valence-corrected chi connectivity index (χ0v) is 10.1. The monoisotopic (exact) mass is 259 g/mol. The molecular weight excluding hydrogens is 248 g/mol. The van der Waals surface area contributed by atoms with Gasteiger partial charge in [-0.15, -0.1) is 0 Å². The molecular formula is C14H11F2N3. The Morgan fingerprint density at radius 1 is 1.16 bits per heavy atom. The standard InChI is InChI=1S/C14H11F2N3/c15-11-6-13-14(7-12(11)16)19(9-18-13)5-3-10-2-1-4-17-8-10/h1-2,4,6-9H,3,5H2. The van der Waals surface area contributed by atoms with Gasteiger partial charge in [-0.3, -0.25) is 4.98 Å². The van der Waals surface area contributed by atoms with Gasteiger partial charge in [0.15, 0.2) is 11.6 Å². The minimum atomic E-state index is -0.870. The van der Waals surface area contributed by atoms with Crippen molar-refractivity contribution in [2.24, 2.45) is 0 Å². The summed E-state index contributed by atoms with van der Waals surface area (Å²) in [4.78, 5) is 8.11. The number of rotatable bonds is 3. The van der Waals surface area contributed by atoms with Crippen LogP contribution in [0.15, 0.2) is 43.0 Å². The summed E-state index contributed by atoms with van der Waals surface area (Å²) in [6, 6.07) is 6.15. The van der Waals surface area contributed by atoms with Gasteiger partial charge in [-0.05, 0) is 18.1 Å². The summed E-state index contributed by atoms with van der Waals surface area (Å²) >= 11 is 0. The molecule has 0 aliphatic rings. The van der Waals surface area contributed by atoms with Gasteiger partial charge in [0.25, 0.3) is 0 Å². The van der Waals surface area contributed by atoms with Gasteiger partial charge in [0.2, 0.25) is 0 Å². The maximum atomic E-state index is 13.2. The predicted octanol–water partition coefficient (Wildman–Crippen LogP) is 2.95. The van der Waals surface area contributed by atoms with Crippen molar-refractivity contribution in [1.82, 2.24) is 14.5 Å². The number of imidazole rings is 1. The molecule has 0 aliphatic heterocycles. The van der Waals surface area contributed by atoms with Gasteiger partial charge in [-0.25, -0.2) is 13.8 Å². The highest BCUT2D eigenvalue weighted by molar-refractivity contribution is 5.75. The Bertz CT molecular complexity index is 707. The fourth-order valence-electron chi connectivity index (χ4n) is 2.03. The number of aromatic nitrogens is 3. The van der Waals surface area contributed by atoms with Crippen molar-refractivity contribution in [2.75, 3.05) is 0 Å². The molecule has 1 aromatic carbocycles. The summed E-state index contributed by atoms with van der Waals surface area (Å²) in [5.74, 6) is -1.72. The highest BCUT2D eigenvalue weighted by Crippen LogP contribution is 2.17. The molecule has 3 nitrogen and oxygen atoms in total. The van der Waals surface area contributed by atoms with Crippen molar-refractivity contribution in [3.8, 4) is 0 Å². The molecule has 0 N–H and O–H groups in total. The van der Waals surface area contributed by atoms with Crippen molar-refractivity contribution >= 4 is 11.0 Å². The van der Waals surface area contributed by atoms with E-state index in [0.717, 1.165) is 18.1 Å². The van der Waals surface area contributed by atoms with E-state index >= 15 is 0 Å². The van der Waals surface area contributed by atoms with E-state index in [9.17, 15) is 8.78 Å². The highest BCUT2D eigenvalue weighted by Gasteiger charge is 2.08. The summed E-state index contributed by atoms with van der Waals surface area (Å²) in [7, 11) is 0. The fourth-order valence-corrected chi connectivity index (χ4v) is 2.03. The molecule has 0 radical (unpaired) electrons. The van der Waals surface area contributed by atoms with E-state index in [1.807, 2.05) is 16.7 Å². The minimum absolute atomic E-state index is 0.463.